The summed E-state index contributed by atoms with van der Waals surface area (Å²) in [4.78, 5) is 11.7. The van der Waals surface area contributed by atoms with Crippen molar-refractivity contribution in [2.45, 2.75) is 46.1 Å². The summed E-state index contributed by atoms with van der Waals surface area (Å²) in [6, 6.07) is 17.1. The molecule has 0 aliphatic carbocycles. The summed E-state index contributed by atoms with van der Waals surface area (Å²) >= 11 is 5.64. The maximum absolute atomic E-state index is 11.7. The van der Waals surface area contributed by atoms with E-state index in [4.69, 9.17) is 21.1 Å². The first kappa shape index (κ1) is 21.0. The van der Waals surface area contributed by atoms with Gasteiger partial charge in [0.15, 0.2) is 6.10 Å². The molecule has 3 nitrogen and oxygen atoms in total. The fraction of sp³-hybridized carbons (Fsp3) is 0.381. The Morgan fingerprint density at radius 2 is 1.80 bits per heavy atom. The van der Waals surface area contributed by atoms with Crippen molar-refractivity contribution in [3.05, 3.63) is 65.2 Å². The summed E-state index contributed by atoms with van der Waals surface area (Å²) in [7, 11) is 0. The normalized spacial score (nSPS) is 11.0. The maximum atomic E-state index is 11.7. The first-order valence-corrected chi connectivity index (χ1v) is 9.05. The fourth-order valence-corrected chi connectivity index (χ4v) is 2.22. The van der Waals surface area contributed by atoms with E-state index in [1.165, 1.54) is 5.56 Å². The molecule has 0 radical (unpaired) electrons. The standard InChI is InChI=1S/C14H20O3.C7H7Cl/c1-3-5-11-16-14(15)13(4-2)17-12-9-7-6-8-10-12;1-6-3-2-4-7(8)5-6/h6-10,13H,3-5,11H2,1-2H3;2-5H,1H3. The van der Waals surface area contributed by atoms with Crippen molar-refractivity contribution in [1.82, 2.24) is 0 Å². The van der Waals surface area contributed by atoms with Gasteiger partial charge in [0.1, 0.15) is 5.75 Å². The largest absolute Gasteiger partial charge is 0.479 e. The van der Waals surface area contributed by atoms with Crippen LogP contribution in [0.4, 0.5) is 0 Å². The van der Waals surface area contributed by atoms with Gasteiger partial charge in [0.2, 0.25) is 0 Å². The van der Waals surface area contributed by atoms with Crippen LogP contribution in [-0.4, -0.2) is 18.7 Å². The molecule has 0 aliphatic heterocycles. The van der Waals surface area contributed by atoms with Crippen LogP contribution in [0.15, 0.2) is 54.6 Å². The average Bonchev–Trinajstić information content (AvgIpc) is 2.61. The molecule has 2 rings (SSSR count). The molecule has 0 N–H and O–H groups in total. The molecule has 2 aromatic carbocycles. The Hall–Kier alpha value is -2.00. The molecule has 0 amide bonds. The predicted molar refractivity (Wildman–Crippen MR) is 103 cm³/mol. The molecule has 0 saturated carbocycles. The topological polar surface area (TPSA) is 35.5 Å². The third-order valence-corrected chi connectivity index (χ3v) is 3.61. The predicted octanol–water partition coefficient (Wildman–Crippen LogP) is 5.84. The Labute approximate surface area is 155 Å². The number of carbonyl (C=O) groups is 1. The number of benzene rings is 2. The van der Waals surface area contributed by atoms with E-state index >= 15 is 0 Å². The number of carbonyl (C=O) groups excluding carboxylic acids is 1. The van der Waals surface area contributed by atoms with Crippen LogP contribution in [0.2, 0.25) is 5.02 Å². The van der Waals surface area contributed by atoms with Crippen LogP contribution in [0.3, 0.4) is 0 Å². The van der Waals surface area contributed by atoms with Crippen LogP contribution >= 0.6 is 11.6 Å². The number of halogens is 1. The van der Waals surface area contributed by atoms with Crippen LogP contribution in [0.1, 0.15) is 38.7 Å². The number of esters is 1. The summed E-state index contributed by atoms with van der Waals surface area (Å²) < 4.78 is 10.7. The van der Waals surface area contributed by atoms with Gasteiger partial charge in [0.25, 0.3) is 0 Å². The number of para-hydroxylation sites is 1. The van der Waals surface area contributed by atoms with Gasteiger partial charge in [-0.15, -0.1) is 0 Å². The summed E-state index contributed by atoms with van der Waals surface area (Å²) in [6.45, 7) is 6.47. The number of rotatable bonds is 7. The summed E-state index contributed by atoms with van der Waals surface area (Å²) in [5, 5.41) is 0.810. The Morgan fingerprint density at radius 1 is 1.08 bits per heavy atom. The molecule has 0 fully saturated rings. The molecular weight excluding hydrogens is 336 g/mol. The lowest BCUT2D eigenvalue weighted by molar-refractivity contribution is -0.152. The minimum atomic E-state index is -0.505. The van der Waals surface area contributed by atoms with Gasteiger partial charge in [0.05, 0.1) is 6.61 Å². The zero-order valence-electron chi connectivity index (χ0n) is 15.2. The SMILES string of the molecule is CCCCOC(=O)C(CC)Oc1ccccc1.Cc1cccc(Cl)c1. The summed E-state index contributed by atoms with van der Waals surface area (Å²) in [6.07, 6.45) is 2.02. The highest BCUT2D eigenvalue weighted by atomic mass is 35.5. The molecule has 0 aliphatic rings. The molecule has 0 bridgehead atoms. The second-order valence-corrected chi connectivity index (χ2v) is 6.08. The molecule has 25 heavy (non-hydrogen) atoms. The number of unbranched alkanes of at least 4 members (excludes halogenated alkanes) is 1. The van der Waals surface area contributed by atoms with E-state index < -0.39 is 6.10 Å². The maximum Gasteiger partial charge on any atom is 0.347 e. The molecule has 0 saturated heterocycles. The Morgan fingerprint density at radius 3 is 2.32 bits per heavy atom. The first-order chi connectivity index (χ1) is 12.1. The van der Waals surface area contributed by atoms with Crippen molar-refractivity contribution < 1.29 is 14.3 Å². The molecule has 1 atom stereocenters. The van der Waals surface area contributed by atoms with E-state index in [9.17, 15) is 4.79 Å². The van der Waals surface area contributed by atoms with E-state index in [0.717, 1.165) is 17.9 Å². The lowest BCUT2D eigenvalue weighted by Gasteiger charge is -2.16. The van der Waals surface area contributed by atoms with Crippen molar-refractivity contribution >= 4 is 17.6 Å². The highest BCUT2D eigenvalue weighted by molar-refractivity contribution is 6.30. The van der Waals surface area contributed by atoms with E-state index in [0.29, 0.717) is 18.8 Å². The van der Waals surface area contributed by atoms with Crippen molar-refractivity contribution in [3.8, 4) is 5.75 Å². The summed E-state index contributed by atoms with van der Waals surface area (Å²) in [5.41, 5.74) is 1.21. The fourth-order valence-electron chi connectivity index (χ4n) is 1.98. The monoisotopic (exact) mass is 362 g/mol. The minimum absolute atomic E-state index is 0.273. The number of hydrogen-bond acceptors (Lipinski definition) is 3. The quantitative estimate of drug-likeness (QED) is 0.458. The highest BCUT2D eigenvalue weighted by Gasteiger charge is 2.19. The van der Waals surface area contributed by atoms with E-state index in [1.54, 1.807) is 0 Å². The van der Waals surface area contributed by atoms with E-state index in [-0.39, 0.29) is 5.97 Å². The van der Waals surface area contributed by atoms with Gasteiger partial charge >= 0.3 is 5.97 Å². The molecule has 0 spiro atoms. The second kappa shape index (κ2) is 12.4. The van der Waals surface area contributed by atoms with Gasteiger partial charge in [-0.2, -0.15) is 0 Å². The van der Waals surface area contributed by atoms with Crippen molar-refractivity contribution in [2.75, 3.05) is 6.61 Å². The van der Waals surface area contributed by atoms with Crippen LogP contribution in [0.25, 0.3) is 0 Å². The highest BCUT2D eigenvalue weighted by Crippen LogP contribution is 2.13. The number of ether oxygens (including phenoxy) is 2. The lowest BCUT2D eigenvalue weighted by Crippen LogP contribution is -2.29. The van der Waals surface area contributed by atoms with Gasteiger partial charge in [0, 0.05) is 5.02 Å². The second-order valence-electron chi connectivity index (χ2n) is 5.65. The molecule has 136 valence electrons. The van der Waals surface area contributed by atoms with Crippen molar-refractivity contribution in [3.63, 3.8) is 0 Å². The molecule has 0 aromatic heterocycles. The third kappa shape index (κ3) is 9.16. The van der Waals surface area contributed by atoms with Crippen LogP contribution in [0.5, 0.6) is 5.75 Å². The Balaban J connectivity index is 0.000000324. The molecule has 2 aromatic rings. The Bertz CT molecular complexity index is 596. The number of aryl methyl sites for hydroxylation is 1. The molecular formula is C21H27ClO3. The summed E-state index contributed by atoms with van der Waals surface area (Å²) in [5.74, 6) is 0.427. The molecule has 1 unspecified atom stereocenters. The van der Waals surface area contributed by atoms with Crippen LogP contribution in [0, 0.1) is 6.92 Å². The van der Waals surface area contributed by atoms with Gasteiger partial charge in [-0.05, 0) is 49.6 Å². The zero-order valence-corrected chi connectivity index (χ0v) is 16.0. The third-order valence-electron chi connectivity index (χ3n) is 3.38. The van der Waals surface area contributed by atoms with Gasteiger partial charge in [-0.25, -0.2) is 4.79 Å². The number of hydrogen-bond donors (Lipinski definition) is 0. The molecule has 4 heteroatoms. The van der Waals surface area contributed by atoms with Crippen molar-refractivity contribution in [1.29, 1.82) is 0 Å². The average molecular weight is 363 g/mol. The molecule has 0 heterocycles. The van der Waals surface area contributed by atoms with Gasteiger partial charge in [-0.3, -0.25) is 0 Å². The minimum Gasteiger partial charge on any atom is -0.479 e. The van der Waals surface area contributed by atoms with E-state index in [1.807, 2.05) is 68.4 Å². The van der Waals surface area contributed by atoms with Crippen LogP contribution < -0.4 is 4.74 Å². The van der Waals surface area contributed by atoms with Gasteiger partial charge in [-0.1, -0.05) is 62.2 Å². The van der Waals surface area contributed by atoms with Crippen LogP contribution in [-0.2, 0) is 9.53 Å². The van der Waals surface area contributed by atoms with Gasteiger partial charge < -0.3 is 9.47 Å². The zero-order chi connectivity index (χ0) is 18.5. The lowest BCUT2D eigenvalue weighted by atomic mass is 10.2. The van der Waals surface area contributed by atoms with Crippen molar-refractivity contribution in [2.24, 2.45) is 0 Å². The first-order valence-electron chi connectivity index (χ1n) is 8.67. The van der Waals surface area contributed by atoms with E-state index in [2.05, 4.69) is 6.92 Å². The smallest absolute Gasteiger partial charge is 0.347 e. The Kier molecular flexibility index (Phi) is 10.4.